The summed E-state index contributed by atoms with van der Waals surface area (Å²) in [5.74, 6) is -1.65. The molecule has 0 saturated carbocycles. The van der Waals surface area contributed by atoms with Gasteiger partial charge < -0.3 is 5.11 Å². The summed E-state index contributed by atoms with van der Waals surface area (Å²) >= 11 is 0. The van der Waals surface area contributed by atoms with E-state index in [0.29, 0.717) is 12.4 Å². The Balaban J connectivity index is 3.34. The molecule has 0 aromatic heterocycles. The molecule has 0 atom stereocenters. The normalized spacial score (nSPS) is 11.7. The molecule has 6 heteroatoms. The number of carbonyl (C=O) groups is 2. The minimum Gasteiger partial charge on any atom is -0.478 e. The number of benzene rings is 1. The molecule has 0 bridgehead atoms. The van der Waals surface area contributed by atoms with Gasteiger partial charge in [-0.1, -0.05) is 12.1 Å². The van der Waals surface area contributed by atoms with Crippen molar-refractivity contribution in [2.45, 2.75) is 6.18 Å². The van der Waals surface area contributed by atoms with E-state index in [2.05, 4.69) is 0 Å². The third kappa shape index (κ3) is 3.17. The number of aromatic carboxylic acids is 1. The highest BCUT2D eigenvalue weighted by Gasteiger charge is 2.35. The number of aldehydes is 1. The number of carbonyl (C=O) groups excluding carboxylic acids is 1. The molecule has 0 aliphatic carbocycles. The molecule has 17 heavy (non-hydrogen) atoms. The average Bonchev–Trinajstić information content (AvgIpc) is 2.24. The summed E-state index contributed by atoms with van der Waals surface area (Å²) in [6.07, 6.45) is -2.15. The van der Waals surface area contributed by atoms with Crippen molar-refractivity contribution >= 4 is 18.3 Å². The van der Waals surface area contributed by atoms with E-state index in [1.807, 2.05) is 0 Å². The van der Waals surface area contributed by atoms with Crippen LogP contribution in [-0.2, 0) is 11.0 Å². The van der Waals surface area contributed by atoms with Crippen LogP contribution in [-0.4, -0.2) is 17.4 Å². The molecule has 0 unspecified atom stereocenters. The van der Waals surface area contributed by atoms with Gasteiger partial charge in [0.25, 0.3) is 0 Å². The van der Waals surface area contributed by atoms with E-state index in [0.717, 1.165) is 18.2 Å². The van der Waals surface area contributed by atoms with Crippen LogP contribution in [0.15, 0.2) is 24.3 Å². The number of rotatable bonds is 3. The van der Waals surface area contributed by atoms with Crippen LogP contribution in [0.5, 0.6) is 0 Å². The van der Waals surface area contributed by atoms with E-state index in [1.165, 1.54) is 6.07 Å². The van der Waals surface area contributed by atoms with Crippen LogP contribution in [0.1, 0.15) is 21.5 Å². The first-order chi connectivity index (χ1) is 7.86. The van der Waals surface area contributed by atoms with Gasteiger partial charge in [0.15, 0.2) is 0 Å². The Labute approximate surface area is 94.2 Å². The third-order valence-electron chi connectivity index (χ3n) is 1.95. The SMILES string of the molecule is O=CC=Cc1ccc(C(=O)O)c(C(F)(F)F)c1. The Morgan fingerprint density at radius 1 is 1.29 bits per heavy atom. The zero-order valence-electron chi connectivity index (χ0n) is 8.36. The van der Waals surface area contributed by atoms with Gasteiger partial charge >= 0.3 is 12.1 Å². The van der Waals surface area contributed by atoms with Crippen molar-refractivity contribution in [3.05, 3.63) is 41.0 Å². The van der Waals surface area contributed by atoms with Crippen molar-refractivity contribution in [1.29, 1.82) is 0 Å². The molecular formula is C11H7F3O3. The fourth-order valence-electron chi connectivity index (χ4n) is 1.24. The largest absolute Gasteiger partial charge is 0.478 e. The molecule has 0 spiro atoms. The van der Waals surface area contributed by atoms with Gasteiger partial charge in [-0.3, -0.25) is 4.79 Å². The highest BCUT2D eigenvalue weighted by atomic mass is 19.4. The number of alkyl halides is 3. The minimum absolute atomic E-state index is 0.106. The highest BCUT2D eigenvalue weighted by molar-refractivity contribution is 5.90. The zero-order valence-corrected chi connectivity index (χ0v) is 8.36. The van der Waals surface area contributed by atoms with Gasteiger partial charge in [0.2, 0.25) is 0 Å². The molecule has 0 heterocycles. The number of hydrogen-bond acceptors (Lipinski definition) is 2. The molecule has 0 amide bonds. The Hall–Kier alpha value is -2.11. The second-order valence-corrected chi connectivity index (χ2v) is 3.10. The van der Waals surface area contributed by atoms with Crippen LogP contribution in [0.2, 0.25) is 0 Å². The Bertz CT molecular complexity index is 475. The molecule has 3 nitrogen and oxygen atoms in total. The van der Waals surface area contributed by atoms with Gasteiger partial charge in [-0.25, -0.2) is 4.79 Å². The van der Waals surface area contributed by atoms with Gasteiger partial charge in [-0.05, 0) is 23.8 Å². The lowest BCUT2D eigenvalue weighted by atomic mass is 10.0. The predicted octanol–water partition coefficient (Wildman–Crippen LogP) is 2.62. The van der Waals surface area contributed by atoms with Crippen LogP contribution in [0, 0.1) is 0 Å². The number of carboxylic acid groups (broad SMARTS) is 1. The molecule has 0 fully saturated rings. The maximum Gasteiger partial charge on any atom is 0.417 e. The molecule has 1 aromatic carbocycles. The summed E-state index contributed by atoms with van der Waals surface area (Å²) in [6, 6.07) is 2.73. The quantitative estimate of drug-likeness (QED) is 0.656. The molecule has 0 aliphatic rings. The summed E-state index contributed by atoms with van der Waals surface area (Å²) in [5.41, 5.74) is -1.95. The smallest absolute Gasteiger partial charge is 0.417 e. The van der Waals surface area contributed by atoms with E-state index < -0.39 is 23.3 Å². The van der Waals surface area contributed by atoms with Crippen LogP contribution >= 0.6 is 0 Å². The maximum atomic E-state index is 12.6. The highest BCUT2D eigenvalue weighted by Crippen LogP contribution is 2.32. The Morgan fingerprint density at radius 3 is 2.41 bits per heavy atom. The van der Waals surface area contributed by atoms with E-state index in [-0.39, 0.29) is 5.56 Å². The first-order valence-electron chi connectivity index (χ1n) is 4.42. The topological polar surface area (TPSA) is 54.4 Å². The van der Waals surface area contributed by atoms with Crippen molar-refractivity contribution in [3.8, 4) is 0 Å². The predicted molar refractivity (Wildman–Crippen MR) is 53.5 cm³/mol. The summed E-state index contributed by atoms with van der Waals surface area (Å²) in [7, 11) is 0. The van der Waals surface area contributed by atoms with Crippen molar-refractivity contribution < 1.29 is 27.9 Å². The lowest BCUT2D eigenvalue weighted by Gasteiger charge is -2.10. The third-order valence-corrected chi connectivity index (χ3v) is 1.95. The molecule has 1 aromatic rings. The minimum atomic E-state index is -4.75. The van der Waals surface area contributed by atoms with Crippen LogP contribution in [0.3, 0.4) is 0 Å². The zero-order chi connectivity index (χ0) is 13.1. The Kier molecular flexibility index (Phi) is 3.67. The first-order valence-corrected chi connectivity index (χ1v) is 4.42. The van der Waals surface area contributed by atoms with E-state index in [4.69, 9.17) is 5.11 Å². The van der Waals surface area contributed by atoms with Gasteiger partial charge in [-0.2, -0.15) is 13.2 Å². The van der Waals surface area contributed by atoms with Crippen LogP contribution in [0.25, 0.3) is 6.08 Å². The maximum absolute atomic E-state index is 12.6. The second-order valence-electron chi connectivity index (χ2n) is 3.10. The Morgan fingerprint density at radius 2 is 1.94 bits per heavy atom. The van der Waals surface area contributed by atoms with E-state index >= 15 is 0 Å². The molecule has 0 radical (unpaired) electrons. The number of hydrogen-bond donors (Lipinski definition) is 1. The van der Waals surface area contributed by atoms with Crippen molar-refractivity contribution in [2.24, 2.45) is 0 Å². The van der Waals surface area contributed by atoms with Crippen molar-refractivity contribution in [3.63, 3.8) is 0 Å². The van der Waals surface area contributed by atoms with Crippen LogP contribution in [0.4, 0.5) is 13.2 Å². The summed E-state index contributed by atoms with van der Waals surface area (Å²) < 4.78 is 37.7. The molecule has 0 aliphatic heterocycles. The monoisotopic (exact) mass is 244 g/mol. The fraction of sp³-hybridized carbons (Fsp3) is 0.0909. The standard InChI is InChI=1S/C11H7F3O3/c12-11(13,14)9-6-7(2-1-5-15)3-4-8(9)10(16)17/h1-6H,(H,16,17). The summed E-state index contributed by atoms with van der Waals surface area (Å²) in [4.78, 5) is 20.7. The van der Waals surface area contributed by atoms with Gasteiger partial charge in [0.1, 0.15) is 6.29 Å². The van der Waals surface area contributed by atoms with Gasteiger partial charge in [-0.15, -0.1) is 0 Å². The molecule has 1 N–H and O–H groups in total. The lowest BCUT2D eigenvalue weighted by Crippen LogP contribution is -2.13. The molecule has 0 saturated heterocycles. The summed E-state index contributed by atoms with van der Waals surface area (Å²) in [6.45, 7) is 0. The van der Waals surface area contributed by atoms with E-state index in [9.17, 15) is 22.8 Å². The number of carboxylic acids is 1. The van der Waals surface area contributed by atoms with Crippen molar-refractivity contribution in [2.75, 3.05) is 0 Å². The van der Waals surface area contributed by atoms with Gasteiger partial charge in [0.05, 0.1) is 11.1 Å². The lowest BCUT2D eigenvalue weighted by molar-refractivity contribution is -0.138. The molecular weight excluding hydrogens is 237 g/mol. The van der Waals surface area contributed by atoms with Crippen molar-refractivity contribution in [1.82, 2.24) is 0 Å². The van der Waals surface area contributed by atoms with Crippen LogP contribution < -0.4 is 0 Å². The second kappa shape index (κ2) is 4.82. The summed E-state index contributed by atoms with van der Waals surface area (Å²) in [5, 5.41) is 8.62. The van der Waals surface area contributed by atoms with E-state index in [1.54, 1.807) is 0 Å². The average molecular weight is 244 g/mol. The molecule has 1 rings (SSSR count). The molecule has 90 valence electrons. The fourth-order valence-corrected chi connectivity index (χ4v) is 1.24. The first kappa shape index (κ1) is 13.0. The number of allylic oxidation sites excluding steroid dienone is 1. The number of halogens is 3. The van der Waals surface area contributed by atoms with Gasteiger partial charge in [0, 0.05) is 0 Å².